The molecule has 0 aliphatic heterocycles. The maximum atomic E-state index is 6.97. The van der Waals surface area contributed by atoms with Gasteiger partial charge in [0.05, 0.1) is 11.0 Å². The molecule has 1 aliphatic rings. The molecule has 0 fully saturated rings. The highest BCUT2D eigenvalue weighted by atomic mass is 16.3. The van der Waals surface area contributed by atoms with Gasteiger partial charge in [0.1, 0.15) is 11.3 Å². The summed E-state index contributed by atoms with van der Waals surface area (Å²) in [5.41, 5.74) is 12.3. The minimum absolute atomic E-state index is 0.569. The van der Waals surface area contributed by atoms with Crippen LogP contribution in [0.3, 0.4) is 0 Å². The van der Waals surface area contributed by atoms with Crippen LogP contribution in [-0.4, -0.2) is 19.5 Å². The highest BCUT2D eigenvalue weighted by Gasteiger charge is 2.28. The van der Waals surface area contributed by atoms with E-state index in [-0.39, 0.29) is 0 Å². The van der Waals surface area contributed by atoms with E-state index in [0.717, 1.165) is 60.7 Å². The van der Waals surface area contributed by atoms with Crippen LogP contribution < -0.4 is 0 Å². The first kappa shape index (κ1) is 31.3. The van der Waals surface area contributed by atoms with Gasteiger partial charge in [-0.25, -0.2) is 15.0 Å². The molecule has 13 rings (SSSR count). The third-order valence-corrected chi connectivity index (χ3v) is 12.0. The molecule has 1 aliphatic carbocycles. The number of aromatic nitrogens is 4. The van der Waals surface area contributed by atoms with E-state index in [4.69, 9.17) is 19.4 Å². The lowest BCUT2D eigenvalue weighted by atomic mass is 9.93. The number of furan rings is 1. The molecular weight excluding hydrogens is 709 g/mol. The molecular formula is C53H30N4O. The lowest BCUT2D eigenvalue weighted by Gasteiger charge is -2.17. The predicted molar refractivity (Wildman–Crippen MR) is 237 cm³/mol. The van der Waals surface area contributed by atoms with Crippen molar-refractivity contribution in [3.05, 3.63) is 182 Å². The Hall–Kier alpha value is -7.89. The van der Waals surface area contributed by atoms with Crippen molar-refractivity contribution in [3.63, 3.8) is 0 Å². The van der Waals surface area contributed by atoms with Gasteiger partial charge in [0, 0.05) is 38.2 Å². The van der Waals surface area contributed by atoms with Crippen LogP contribution in [0.5, 0.6) is 0 Å². The molecule has 0 spiro atoms. The van der Waals surface area contributed by atoms with E-state index in [1.807, 2.05) is 30.3 Å². The van der Waals surface area contributed by atoms with Crippen LogP contribution in [0, 0.1) is 0 Å². The molecule has 0 unspecified atom stereocenters. The lowest BCUT2D eigenvalue weighted by molar-refractivity contribution is 0.666. The Balaban J connectivity index is 1.19. The van der Waals surface area contributed by atoms with Crippen molar-refractivity contribution in [3.8, 4) is 62.1 Å². The highest BCUT2D eigenvalue weighted by molar-refractivity contribution is 6.31. The number of para-hydroxylation sites is 1. The number of hydrogen-bond acceptors (Lipinski definition) is 4. The number of fused-ring (bicyclic) bond motifs is 7. The SMILES string of the molecule is c1ccc(-c2nc(-c3ccc4ccccc4c3)nc(-c3ccc4c(oc5ccccc54)c3-n3c4cccc5c4c4c6c(cccc6ccc43)-c3ccccc3-5)n2)cc1. The molecule has 9 aromatic carbocycles. The topological polar surface area (TPSA) is 56.7 Å². The van der Waals surface area contributed by atoms with Crippen molar-refractivity contribution in [2.75, 3.05) is 0 Å². The van der Waals surface area contributed by atoms with Gasteiger partial charge < -0.3 is 8.98 Å². The predicted octanol–water partition coefficient (Wildman–Crippen LogP) is 13.8. The van der Waals surface area contributed by atoms with Gasteiger partial charge in [-0.05, 0) is 80.2 Å². The van der Waals surface area contributed by atoms with Crippen LogP contribution >= 0.6 is 0 Å². The fraction of sp³-hybridized carbons (Fsp3) is 0. The fourth-order valence-corrected chi connectivity index (χ4v) is 9.42. The van der Waals surface area contributed by atoms with Gasteiger partial charge in [-0.1, -0.05) is 146 Å². The monoisotopic (exact) mass is 738 g/mol. The van der Waals surface area contributed by atoms with E-state index in [1.54, 1.807) is 0 Å². The highest BCUT2D eigenvalue weighted by Crippen LogP contribution is 2.51. The van der Waals surface area contributed by atoms with Crippen LogP contribution in [0.4, 0.5) is 0 Å². The molecule has 12 aromatic rings. The molecule has 0 saturated heterocycles. The van der Waals surface area contributed by atoms with E-state index in [0.29, 0.717) is 17.5 Å². The van der Waals surface area contributed by atoms with Crippen molar-refractivity contribution < 1.29 is 4.42 Å². The maximum Gasteiger partial charge on any atom is 0.166 e. The number of benzene rings is 9. The summed E-state index contributed by atoms with van der Waals surface area (Å²) in [5.74, 6) is 1.78. The quantitative estimate of drug-likeness (QED) is 0.180. The minimum Gasteiger partial charge on any atom is -0.454 e. The van der Waals surface area contributed by atoms with E-state index in [2.05, 4.69) is 156 Å². The van der Waals surface area contributed by atoms with Crippen LogP contribution in [0.1, 0.15) is 0 Å². The number of nitrogens with zero attached hydrogens (tertiary/aromatic N) is 4. The largest absolute Gasteiger partial charge is 0.454 e. The molecule has 3 aromatic heterocycles. The van der Waals surface area contributed by atoms with Crippen molar-refractivity contribution in [1.82, 2.24) is 19.5 Å². The summed E-state index contributed by atoms with van der Waals surface area (Å²) in [5, 5.41) is 9.30. The Kier molecular flexibility index (Phi) is 6.38. The zero-order valence-electron chi connectivity index (χ0n) is 31.0. The van der Waals surface area contributed by atoms with E-state index >= 15 is 0 Å². The summed E-state index contributed by atoms with van der Waals surface area (Å²) in [6.07, 6.45) is 0. The second-order valence-corrected chi connectivity index (χ2v) is 15.1. The summed E-state index contributed by atoms with van der Waals surface area (Å²) in [6, 6.07) is 64.3. The lowest BCUT2D eigenvalue weighted by Crippen LogP contribution is -2.04. The summed E-state index contributed by atoms with van der Waals surface area (Å²) in [4.78, 5) is 15.8. The van der Waals surface area contributed by atoms with Gasteiger partial charge >= 0.3 is 0 Å². The van der Waals surface area contributed by atoms with Crippen LogP contribution in [0.15, 0.2) is 186 Å². The van der Waals surface area contributed by atoms with Crippen molar-refractivity contribution in [2.24, 2.45) is 0 Å². The zero-order chi connectivity index (χ0) is 37.9. The average molecular weight is 739 g/mol. The van der Waals surface area contributed by atoms with Gasteiger partial charge in [-0.3, -0.25) is 0 Å². The normalized spacial score (nSPS) is 12.1. The summed E-state index contributed by atoms with van der Waals surface area (Å²) < 4.78 is 9.37. The second-order valence-electron chi connectivity index (χ2n) is 15.1. The zero-order valence-corrected chi connectivity index (χ0v) is 31.0. The van der Waals surface area contributed by atoms with Gasteiger partial charge in [0.25, 0.3) is 0 Å². The molecule has 0 saturated carbocycles. The van der Waals surface area contributed by atoms with Crippen molar-refractivity contribution in [2.45, 2.75) is 0 Å². The Morgan fingerprint density at radius 2 is 1.00 bits per heavy atom. The fourth-order valence-electron chi connectivity index (χ4n) is 9.42. The Labute approximate surface area is 332 Å². The molecule has 5 heteroatoms. The maximum absolute atomic E-state index is 6.97. The number of hydrogen-bond donors (Lipinski definition) is 0. The smallest absolute Gasteiger partial charge is 0.166 e. The molecule has 0 N–H and O–H groups in total. The first-order valence-electron chi connectivity index (χ1n) is 19.6. The van der Waals surface area contributed by atoms with Crippen LogP contribution in [-0.2, 0) is 0 Å². The second kappa shape index (κ2) is 11.8. The summed E-state index contributed by atoms with van der Waals surface area (Å²) >= 11 is 0. The van der Waals surface area contributed by atoms with Gasteiger partial charge in [0.15, 0.2) is 23.1 Å². The molecule has 0 bridgehead atoms. The van der Waals surface area contributed by atoms with E-state index < -0.39 is 0 Å². The van der Waals surface area contributed by atoms with Gasteiger partial charge in [-0.15, -0.1) is 0 Å². The van der Waals surface area contributed by atoms with Gasteiger partial charge in [0.2, 0.25) is 0 Å². The minimum atomic E-state index is 0.569. The Morgan fingerprint density at radius 1 is 0.362 bits per heavy atom. The van der Waals surface area contributed by atoms with Crippen LogP contribution in [0.2, 0.25) is 0 Å². The third kappa shape index (κ3) is 4.38. The summed E-state index contributed by atoms with van der Waals surface area (Å²) in [7, 11) is 0. The molecule has 5 nitrogen and oxygen atoms in total. The Bertz CT molecular complexity index is 3690. The molecule has 0 atom stereocenters. The molecule has 0 radical (unpaired) electrons. The first-order chi connectivity index (χ1) is 28.8. The van der Waals surface area contributed by atoms with Gasteiger partial charge in [-0.2, -0.15) is 0 Å². The van der Waals surface area contributed by atoms with E-state index in [9.17, 15) is 0 Å². The Morgan fingerprint density at radius 3 is 1.86 bits per heavy atom. The van der Waals surface area contributed by atoms with E-state index in [1.165, 1.54) is 49.2 Å². The standard InChI is InChI=1S/C53H30N4O/c1-2-13-33(14-3-1)51-54-52(35-25-24-31-12-4-5-15-34(31)30-35)56-53(55-51)42-28-27-41-38-19-8-9-23-45(38)58-50(41)49(42)57-43-22-11-21-40-37-18-7-6-17-36(37)39-20-10-16-32-26-29-44(57)48(46(32)39)47(40)43/h1-30H. The molecule has 3 heterocycles. The van der Waals surface area contributed by atoms with Crippen molar-refractivity contribution in [1.29, 1.82) is 0 Å². The van der Waals surface area contributed by atoms with Crippen molar-refractivity contribution >= 4 is 65.3 Å². The molecule has 58 heavy (non-hydrogen) atoms. The number of rotatable bonds is 4. The first-order valence-corrected chi connectivity index (χ1v) is 19.6. The molecule has 268 valence electrons. The molecule has 0 amide bonds. The average Bonchev–Trinajstić information content (AvgIpc) is 3.80. The summed E-state index contributed by atoms with van der Waals surface area (Å²) in [6.45, 7) is 0. The van der Waals surface area contributed by atoms with Crippen LogP contribution in [0.25, 0.3) is 127 Å². The third-order valence-electron chi connectivity index (χ3n) is 12.0.